The Bertz CT molecular complexity index is 939. The molecule has 3 aromatic rings. The van der Waals surface area contributed by atoms with Gasteiger partial charge in [0.15, 0.2) is 0 Å². The van der Waals surface area contributed by atoms with Crippen LogP contribution in [0.1, 0.15) is 26.8 Å². The number of anilines is 1. The van der Waals surface area contributed by atoms with E-state index in [2.05, 4.69) is 15.3 Å². The number of carbonyl (C=O) groups is 1. The van der Waals surface area contributed by atoms with E-state index in [1.165, 1.54) is 23.5 Å². The number of aromatic nitrogens is 2. The molecule has 118 valence electrons. The topological polar surface area (TPSA) is 54.9 Å². The standard InChI is InChI=1S/C16H13ClFN3OS/c1-7-13-8(2)19-9(3)20-16(13)23-14(7)15(22)21-12-5-4-10(17)6-11(12)18/h4-6H,1-3H3,(H,21,22). The van der Waals surface area contributed by atoms with Crippen LogP contribution in [-0.4, -0.2) is 15.9 Å². The number of benzene rings is 1. The highest BCUT2D eigenvalue weighted by molar-refractivity contribution is 7.20. The predicted octanol–water partition coefficient (Wildman–Crippen LogP) is 4.66. The molecule has 2 heterocycles. The lowest BCUT2D eigenvalue weighted by Gasteiger charge is -2.06. The molecule has 1 N–H and O–H groups in total. The summed E-state index contributed by atoms with van der Waals surface area (Å²) in [6.45, 7) is 5.54. The lowest BCUT2D eigenvalue weighted by atomic mass is 10.1. The molecule has 0 saturated carbocycles. The second-order valence-electron chi connectivity index (χ2n) is 5.17. The van der Waals surface area contributed by atoms with Crippen molar-refractivity contribution in [2.24, 2.45) is 0 Å². The Balaban J connectivity index is 2.01. The summed E-state index contributed by atoms with van der Waals surface area (Å²) in [5, 5.41) is 3.73. The van der Waals surface area contributed by atoms with Crippen LogP contribution in [0.4, 0.5) is 10.1 Å². The zero-order chi connectivity index (χ0) is 16.7. The molecule has 0 saturated heterocycles. The maximum Gasteiger partial charge on any atom is 0.266 e. The maximum atomic E-state index is 13.8. The molecular weight excluding hydrogens is 337 g/mol. The first kappa shape index (κ1) is 15.8. The molecule has 0 fully saturated rings. The van der Waals surface area contributed by atoms with Crippen LogP contribution in [0.25, 0.3) is 10.2 Å². The van der Waals surface area contributed by atoms with Gasteiger partial charge in [0.25, 0.3) is 5.91 Å². The average molecular weight is 350 g/mol. The molecule has 1 amide bonds. The number of rotatable bonds is 2. The first-order valence-electron chi connectivity index (χ1n) is 6.87. The van der Waals surface area contributed by atoms with Gasteiger partial charge in [0.05, 0.1) is 10.6 Å². The largest absolute Gasteiger partial charge is 0.319 e. The summed E-state index contributed by atoms with van der Waals surface area (Å²) in [7, 11) is 0. The molecule has 0 bridgehead atoms. The first-order chi connectivity index (χ1) is 10.9. The molecule has 0 radical (unpaired) electrons. The minimum absolute atomic E-state index is 0.0928. The van der Waals surface area contributed by atoms with Gasteiger partial charge in [-0.3, -0.25) is 4.79 Å². The summed E-state index contributed by atoms with van der Waals surface area (Å²) in [6.07, 6.45) is 0. The maximum absolute atomic E-state index is 13.8. The molecule has 4 nitrogen and oxygen atoms in total. The summed E-state index contributed by atoms with van der Waals surface area (Å²) in [4.78, 5) is 22.5. The van der Waals surface area contributed by atoms with E-state index in [0.717, 1.165) is 27.5 Å². The fourth-order valence-corrected chi connectivity index (χ4v) is 3.79. The van der Waals surface area contributed by atoms with Crippen molar-refractivity contribution in [2.45, 2.75) is 20.8 Å². The minimum Gasteiger partial charge on any atom is -0.319 e. The van der Waals surface area contributed by atoms with Crippen LogP contribution in [0, 0.1) is 26.6 Å². The van der Waals surface area contributed by atoms with E-state index in [1.807, 2.05) is 20.8 Å². The molecule has 0 spiro atoms. The third-order valence-corrected chi connectivity index (χ3v) is 4.89. The number of amides is 1. The van der Waals surface area contributed by atoms with Crippen molar-refractivity contribution >= 4 is 44.7 Å². The molecule has 23 heavy (non-hydrogen) atoms. The molecule has 2 aromatic heterocycles. The number of carbonyl (C=O) groups excluding carboxylic acids is 1. The quantitative estimate of drug-likeness (QED) is 0.732. The zero-order valence-electron chi connectivity index (χ0n) is 12.7. The minimum atomic E-state index is -0.573. The molecular formula is C16H13ClFN3OS. The van der Waals surface area contributed by atoms with Crippen LogP contribution >= 0.6 is 22.9 Å². The highest BCUT2D eigenvalue weighted by Crippen LogP contribution is 2.32. The average Bonchev–Trinajstić information content (AvgIpc) is 2.79. The van der Waals surface area contributed by atoms with Crippen molar-refractivity contribution < 1.29 is 9.18 Å². The number of aryl methyl sites for hydroxylation is 3. The van der Waals surface area contributed by atoms with Crippen molar-refractivity contribution in [3.05, 3.63) is 51.0 Å². The van der Waals surface area contributed by atoms with Crippen molar-refractivity contribution in [3.8, 4) is 0 Å². The number of thiophene rings is 1. The third kappa shape index (κ3) is 2.92. The first-order valence-corrected chi connectivity index (χ1v) is 8.07. The fourth-order valence-electron chi connectivity index (χ4n) is 2.46. The summed E-state index contributed by atoms with van der Waals surface area (Å²) < 4.78 is 13.8. The molecule has 0 unspecified atom stereocenters. The Hall–Kier alpha value is -2.05. The Morgan fingerprint density at radius 3 is 2.70 bits per heavy atom. The number of fused-ring (bicyclic) bond motifs is 1. The Morgan fingerprint density at radius 2 is 2.00 bits per heavy atom. The van der Waals surface area contributed by atoms with Crippen LogP contribution < -0.4 is 5.32 Å². The van der Waals surface area contributed by atoms with Gasteiger partial charge in [0.1, 0.15) is 16.5 Å². The highest BCUT2D eigenvalue weighted by Gasteiger charge is 2.19. The van der Waals surface area contributed by atoms with Crippen molar-refractivity contribution in [1.82, 2.24) is 9.97 Å². The Labute approximate surface area is 141 Å². The third-order valence-electron chi connectivity index (χ3n) is 3.47. The predicted molar refractivity (Wildman–Crippen MR) is 91.0 cm³/mol. The second-order valence-corrected chi connectivity index (χ2v) is 6.61. The number of nitrogens with zero attached hydrogens (tertiary/aromatic N) is 2. The second kappa shape index (κ2) is 5.86. The van der Waals surface area contributed by atoms with Gasteiger partial charge < -0.3 is 5.32 Å². The number of hydrogen-bond donors (Lipinski definition) is 1. The summed E-state index contributed by atoms with van der Waals surface area (Å²) in [5.41, 5.74) is 1.72. The van der Waals surface area contributed by atoms with E-state index in [1.54, 1.807) is 0 Å². The molecule has 3 rings (SSSR count). The van der Waals surface area contributed by atoms with Crippen molar-refractivity contribution in [3.63, 3.8) is 0 Å². The van der Waals surface area contributed by atoms with Crippen molar-refractivity contribution in [2.75, 3.05) is 5.32 Å². The smallest absolute Gasteiger partial charge is 0.266 e. The van der Waals surface area contributed by atoms with E-state index in [9.17, 15) is 9.18 Å². The van der Waals surface area contributed by atoms with Crippen LogP contribution in [-0.2, 0) is 0 Å². The highest BCUT2D eigenvalue weighted by atomic mass is 35.5. The van der Waals surface area contributed by atoms with Crippen LogP contribution in [0.5, 0.6) is 0 Å². The normalized spacial score (nSPS) is 11.0. The van der Waals surface area contributed by atoms with E-state index < -0.39 is 5.82 Å². The number of nitrogens with one attached hydrogen (secondary N) is 1. The van der Waals surface area contributed by atoms with Gasteiger partial charge in [-0.15, -0.1) is 11.3 Å². The molecule has 0 aliphatic carbocycles. The molecule has 0 atom stereocenters. The zero-order valence-corrected chi connectivity index (χ0v) is 14.3. The molecule has 1 aromatic carbocycles. The van der Waals surface area contributed by atoms with Gasteiger partial charge in [0, 0.05) is 16.1 Å². The Kier molecular flexibility index (Phi) is 4.04. The van der Waals surface area contributed by atoms with E-state index in [0.29, 0.717) is 10.7 Å². The van der Waals surface area contributed by atoms with Crippen LogP contribution in [0.2, 0.25) is 5.02 Å². The van der Waals surface area contributed by atoms with Gasteiger partial charge in [0.2, 0.25) is 0 Å². The molecule has 7 heteroatoms. The lowest BCUT2D eigenvalue weighted by Crippen LogP contribution is -2.12. The van der Waals surface area contributed by atoms with Crippen molar-refractivity contribution in [1.29, 1.82) is 0 Å². The summed E-state index contributed by atoms with van der Waals surface area (Å²) in [6, 6.07) is 4.12. The number of hydrogen-bond acceptors (Lipinski definition) is 4. The summed E-state index contributed by atoms with van der Waals surface area (Å²) in [5.74, 6) is -0.285. The molecule has 0 aliphatic rings. The SMILES string of the molecule is Cc1nc(C)c2c(C)c(C(=O)Nc3ccc(Cl)cc3F)sc2n1. The van der Waals surface area contributed by atoms with Gasteiger partial charge in [-0.1, -0.05) is 11.6 Å². The monoisotopic (exact) mass is 349 g/mol. The van der Waals surface area contributed by atoms with Gasteiger partial charge in [-0.25, -0.2) is 14.4 Å². The molecule has 0 aliphatic heterocycles. The van der Waals surface area contributed by atoms with E-state index in [4.69, 9.17) is 11.6 Å². The van der Waals surface area contributed by atoms with Gasteiger partial charge >= 0.3 is 0 Å². The van der Waals surface area contributed by atoms with Gasteiger partial charge in [-0.2, -0.15) is 0 Å². The number of halogens is 2. The summed E-state index contributed by atoms with van der Waals surface area (Å²) >= 11 is 6.99. The van der Waals surface area contributed by atoms with Gasteiger partial charge in [-0.05, 0) is 44.5 Å². The van der Waals surface area contributed by atoms with Crippen LogP contribution in [0.3, 0.4) is 0 Å². The fraction of sp³-hybridized carbons (Fsp3) is 0.188. The van der Waals surface area contributed by atoms with E-state index >= 15 is 0 Å². The lowest BCUT2D eigenvalue weighted by molar-refractivity contribution is 0.102. The Morgan fingerprint density at radius 1 is 1.26 bits per heavy atom. The van der Waals surface area contributed by atoms with Crippen LogP contribution in [0.15, 0.2) is 18.2 Å². The van der Waals surface area contributed by atoms with E-state index in [-0.39, 0.29) is 16.6 Å².